The second-order valence-corrected chi connectivity index (χ2v) is 10.4. The molecule has 0 amide bonds. The fourth-order valence-electron chi connectivity index (χ4n) is 4.08. The summed E-state index contributed by atoms with van der Waals surface area (Å²) in [5, 5.41) is 76.0. The van der Waals surface area contributed by atoms with E-state index in [0.717, 1.165) is 25.7 Å². The van der Waals surface area contributed by atoms with Crippen LogP contribution < -0.4 is 0 Å². The molecule has 3 radical (unpaired) electrons. The average Bonchev–Trinajstić information content (AvgIpc) is 3.07. The van der Waals surface area contributed by atoms with Crippen LogP contribution in [0.2, 0.25) is 0 Å². The van der Waals surface area contributed by atoms with E-state index < -0.39 is 0 Å². The number of hydrogen-bond acceptors (Lipinski definition) is 12. The number of hydrogen-bond donors (Lipinski definition) is 8. The summed E-state index contributed by atoms with van der Waals surface area (Å²) in [4.78, 5) is 16.8. The van der Waals surface area contributed by atoms with Gasteiger partial charge >= 0.3 is 0 Å². The zero-order valence-electron chi connectivity index (χ0n) is 27.2. The topological polar surface area (TPSA) is 211 Å². The molecule has 0 saturated heterocycles. The van der Waals surface area contributed by atoms with E-state index in [2.05, 4.69) is 20.0 Å². The average molecular weight is 847 g/mol. The summed E-state index contributed by atoms with van der Waals surface area (Å²) in [6.07, 6.45) is 9.40. The first-order valence-corrected chi connectivity index (χ1v) is 15.2. The molecule has 0 atom stereocenters. The van der Waals surface area contributed by atoms with Gasteiger partial charge in [0.1, 0.15) is 0 Å². The van der Waals surface area contributed by atoms with Crippen molar-refractivity contribution in [2.24, 2.45) is 20.0 Å². The van der Waals surface area contributed by atoms with Crippen molar-refractivity contribution in [3.63, 3.8) is 0 Å². The third kappa shape index (κ3) is 15.9. The van der Waals surface area contributed by atoms with Crippen molar-refractivity contribution < 1.29 is 92.1 Å². The summed E-state index contributed by atoms with van der Waals surface area (Å²) in [6.45, 7) is 2.34. The molecule has 0 fully saturated rings. The van der Waals surface area contributed by atoms with Crippen molar-refractivity contribution in [1.29, 1.82) is 0 Å². The van der Waals surface area contributed by atoms with E-state index in [1.165, 1.54) is 49.1 Å². The molecule has 0 saturated carbocycles. The molecular weight excluding hydrogens is 807 g/mol. The quantitative estimate of drug-likeness (QED) is 0.0343. The molecule has 4 aromatic carbocycles. The molecule has 0 aromatic heterocycles. The summed E-state index contributed by atoms with van der Waals surface area (Å²) in [6, 6.07) is 18.9. The first-order valence-electron chi connectivity index (χ1n) is 15.2. The Morgan fingerprint density at radius 1 is 0.333 bits per heavy atom. The Bertz CT molecular complexity index is 1500. The number of aromatic hydroxyl groups is 8. The van der Waals surface area contributed by atoms with Crippen molar-refractivity contribution >= 4 is 24.9 Å². The minimum atomic E-state index is -0.170. The van der Waals surface area contributed by atoms with E-state index >= 15 is 0 Å². The molecule has 0 aliphatic rings. The number of aliphatic imine (C=N–C) groups is 4. The fraction of sp³-hybridized carbons (Fsp3) is 0.222. The molecule has 0 spiro atoms. The van der Waals surface area contributed by atoms with Crippen LogP contribution in [0.1, 0.15) is 47.9 Å². The van der Waals surface area contributed by atoms with Gasteiger partial charge in [-0.1, -0.05) is 24.3 Å². The number of benzene rings is 4. The maximum absolute atomic E-state index is 9.62. The summed E-state index contributed by atoms with van der Waals surface area (Å²) < 4.78 is 0. The van der Waals surface area contributed by atoms with Gasteiger partial charge in [0.2, 0.25) is 0 Å². The van der Waals surface area contributed by atoms with Gasteiger partial charge in [0.05, 0.1) is 0 Å². The molecule has 15 heteroatoms. The molecule has 8 N–H and O–H groups in total. The Labute approximate surface area is 328 Å². The van der Waals surface area contributed by atoms with Crippen LogP contribution in [0, 0.1) is 0 Å². The van der Waals surface area contributed by atoms with Crippen molar-refractivity contribution in [2.75, 3.05) is 26.2 Å². The van der Waals surface area contributed by atoms with Gasteiger partial charge in [-0.25, -0.2) is 0 Å². The number of phenolic OH excluding ortho intramolecular Hbond substituents is 8. The molecule has 4 rings (SSSR count). The van der Waals surface area contributed by atoms with Gasteiger partial charge in [0.25, 0.3) is 0 Å². The predicted molar refractivity (Wildman–Crippen MR) is 187 cm³/mol. The van der Waals surface area contributed by atoms with Gasteiger partial charge in [-0.2, -0.15) is 0 Å². The minimum absolute atomic E-state index is 0. The molecule has 285 valence electrons. The number of unbranched alkanes of at least 4 members (excludes halogenated alkanes) is 2. The third-order valence-corrected chi connectivity index (χ3v) is 6.75. The van der Waals surface area contributed by atoms with Gasteiger partial charge in [0.15, 0.2) is 46.0 Å². The van der Waals surface area contributed by atoms with Crippen LogP contribution in [0.4, 0.5) is 0 Å². The zero-order chi connectivity index (χ0) is 34.7. The molecule has 0 unspecified atom stereocenters. The minimum Gasteiger partial charge on any atom is -0.504 e. The van der Waals surface area contributed by atoms with Crippen molar-refractivity contribution in [1.82, 2.24) is 0 Å². The number of nitrogens with zero attached hydrogens (tertiary/aromatic N) is 4. The second-order valence-electron chi connectivity index (χ2n) is 10.4. The second kappa shape index (κ2) is 25.5. The van der Waals surface area contributed by atoms with Crippen molar-refractivity contribution in [3.8, 4) is 46.0 Å². The van der Waals surface area contributed by atoms with E-state index in [-0.39, 0.29) is 97.2 Å². The van der Waals surface area contributed by atoms with E-state index in [1.54, 1.807) is 48.5 Å². The summed E-state index contributed by atoms with van der Waals surface area (Å²) in [7, 11) is 0. The Kier molecular flexibility index (Phi) is 23.2. The SMILES string of the molecule is Oc1cccc(C=NCCCCN=Cc2cccc(O)c2O)c1O.Oc1cccc(C=NCCCCN=Cc2cccc(O)c2O)c1O.[Cu].[Cu].[Cu]. The zero-order valence-corrected chi connectivity index (χ0v) is 30.0. The fourth-order valence-corrected chi connectivity index (χ4v) is 4.08. The van der Waals surface area contributed by atoms with Crippen molar-refractivity contribution in [3.05, 3.63) is 95.1 Å². The van der Waals surface area contributed by atoms with Crippen LogP contribution in [-0.2, 0) is 51.2 Å². The Hall–Kier alpha value is -4.48. The summed E-state index contributed by atoms with van der Waals surface area (Å²) in [5.41, 5.74) is 1.92. The number of phenols is 8. The molecule has 0 aliphatic heterocycles. The third-order valence-electron chi connectivity index (χ3n) is 6.75. The Balaban J connectivity index is 0.000000926. The number of para-hydroxylation sites is 4. The van der Waals surface area contributed by atoms with E-state index in [1.807, 2.05) is 0 Å². The van der Waals surface area contributed by atoms with Gasteiger partial charge in [-0.3, -0.25) is 20.0 Å². The molecular formula is C36H40Cu3N4O8. The standard InChI is InChI=1S/2C18H20N2O4.3Cu/c2*21-15-7-3-5-13(17(15)23)11-19-9-1-2-10-20-12-14-6-4-8-16(22)18(14)24;;;/h2*3-8,11-12,21-24H,1-2,9-10H2;;;. The van der Waals surface area contributed by atoms with Crippen LogP contribution in [0.25, 0.3) is 0 Å². The van der Waals surface area contributed by atoms with Gasteiger partial charge in [0, 0.05) is 124 Å². The Morgan fingerprint density at radius 3 is 0.725 bits per heavy atom. The van der Waals surface area contributed by atoms with Gasteiger partial charge < -0.3 is 40.9 Å². The molecule has 0 bridgehead atoms. The van der Waals surface area contributed by atoms with Crippen LogP contribution in [-0.4, -0.2) is 91.9 Å². The summed E-state index contributed by atoms with van der Waals surface area (Å²) in [5.74, 6) is -1.33. The van der Waals surface area contributed by atoms with Crippen LogP contribution >= 0.6 is 0 Å². The maximum atomic E-state index is 9.62. The molecule has 4 aromatic rings. The molecule has 51 heavy (non-hydrogen) atoms. The van der Waals surface area contributed by atoms with E-state index in [4.69, 9.17) is 0 Å². The van der Waals surface area contributed by atoms with E-state index in [0.29, 0.717) is 48.4 Å². The smallest absolute Gasteiger partial charge is 0.166 e. The van der Waals surface area contributed by atoms with Crippen molar-refractivity contribution in [2.45, 2.75) is 25.7 Å². The van der Waals surface area contributed by atoms with Gasteiger partial charge in [-0.15, -0.1) is 0 Å². The number of rotatable bonds is 14. The maximum Gasteiger partial charge on any atom is 0.166 e. The molecule has 0 aliphatic carbocycles. The van der Waals surface area contributed by atoms with E-state index in [9.17, 15) is 40.9 Å². The van der Waals surface area contributed by atoms with Crippen LogP contribution in [0.3, 0.4) is 0 Å². The first kappa shape index (κ1) is 46.5. The van der Waals surface area contributed by atoms with Crippen LogP contribution in [0.5, 0.6) is 46.0 Å². The monoisotopic (exact) mass is 845 g/mol. The predicted octanol–water partition coefficient (Wildman–Crippen LogP) is 5.65. The molecule has 0 heterocycles. The molecule has 12 nitrogen and oxygen atoms in total. The normalized spacial score (nSPS) is 10.8. The Morgan fingerprint density at radius 2 is 0.529 bits per heavy atom. The summed E-state index contributed by atoms with van der Waals surface area (Å²) >= 11 is 0. The largest absolute Gasteiger partial charge is 0.504 e. The first-order chi connectivity index (χ1) is 23.2. The van der Waals surface area contributed by atoms with Crippen LogP contribution in [0.15, 0.2) is 92.8 Å². The van der Waals surface area contributed by atoms with Gasteiger partial charge in [-0.05, 0) is 74.2 Å².